The summed E-state index contributed by atoms with van der Waals surface area (Å²) in [5.41, 5.74) is 2.38. The number of hydrogen-bond acceptors (Lipinski definition) is 3. The average Bonchev–Trinajstić information content (AvgIpc) is 2.82. The maximum Gasteiger partial charge on any atom is 0.125 e. The summed E-state index contributed by atoms with van der Waals surface area (Å²) in [6, 6.07) is 2.01. The van der Waals surface area contributed by atoms with Crippen LogP contribution in [-0.2, 0) is 6.54 Å². The van der Waals surface area contributed by atoms with Crippen molar-refractivity contribution in [3.05, 3.63) is 33.3 Å². The van der Waals surface area contributed by atoms with E-state index in [1.54, 1.807) is 17.6 Å². The molecule has 0 fully saturated rings. The summed E-state index contributed by atoms with van der Waals surface area (Å²) in [7, 11) is 0. The Bertz CT molecular complexity index is 435. The molecule has 2 aromatic heterocycles. The molecular formula is C11H12BrNOS. The van der Waals surface area contributed by atoms with Crippen molar-refractivity contribution in [2.24, 2.45) is 0 Å². The van der Waals surface area contributed by atoms with Crippen molar-refractivity contribution in [3.8, 4) is 11.1 Å². The highest BCUT2D eigenvalue weighted by molar-refractivity contribution is 9.10. The molecule has 0 spiro atoms. The van der Waals surface area contributed by atoms with Crippen LogP contribution in [0.1, 0.15) is 12.7 Å². The van der Waals surface area contributed by atoms with E-state index >= 15 is 0 Å². The molecule has 0 atom stereocenters. The maximum atomic E-state index is 5.47. The van der Waals surface area contributed by atoms with Crippen LogP contribution in [0.5, 0.6) is 0 Å². The van der Waals surface area contributed by atoms with Gasteiger partial charge in [-0.25, -0.2) is 0 Å². The van der Waals surface area contributed by atoms with Gasteiger partial charge in [0, 0.05) is 21.0 Å². The zero-order chi connectivity index (χ0) is 10.7. The number of nitrogens with one attached hydrogen (secondary N) is 1. The molecule has 2 aromatic rings. The summed E-state index contributed by atoms with van der Waals surface area (Å²) < 4.78 is 6.60. The Hall–Kier alpha value is -0.580. The Balaban J connectivity index is 2.29. The average molecular weight is 286 g/mol. The van der Waals surface area contributed by atoms with Gasteiger partial charge >= 0.3 is 0 Å². The van der Waals surface area contributed by atoms with Gasteiger partial charge in [-0.3, -0.25) is 0 Å². The molecule has 4 heteroatoms. The number of halogens is 1. The molecule has 1 N–H and O–H groups in total. The first-order chi connectivity index (χ1) is 7.33. The number of rotatable bonds is 4. The van der Waals surface area contributed by atoms with E-state index in [0.29, 0.717) is 0 Å². The van der Waals surface area contributed by atoms with E-state index in [9.17, 15) is 0 Å². The molecule has 2 nitrogen and oxygen atoms in total. The van der Waals surface area contributed by atoms with Gasteiger partial charge in [0.05, 0.1) is 12.8 Å². The van der Waals surface area contributed by atoms with Gasteiger partial charge in [-0.1, -0.05) is 6.92 Å². The summed E-state index contributed by atoms with van der Waals surface area (Å²) in [5, 5.41) is 7.48. The smallest absolute Gasteiger partial charge is 0.125 e. The van der Waals surface area contributed by atoms with E-state index in [1.807, 2.05) is 6.07 Å². The quantitative estimate of drug-likeness (QED) is 0.922. The highest BCUT2D eigenvalue weighted by Gasteiger charge is 2.11. The summed E-state index contributed by atoms with van der Waals surface area (Å²) in [6.45, 7) is 3.81. The normalized spacial score (nSPS) is 10.8. The molecule has 0 saturated heterocycles. The van der Waals surface area contributed by atoms with E-state index in [2.05, 4.69) is 38.9 Å². The van der Waals surface area contributed by atoms with Crippen molar-refractivity contribution in [1.82, 2.24) is 5.32 Å². The fourth-order valence-corrected chi connectivity index (χ4v) is 2.94. The number of thiophene rings is 1. The summed E-state index contributed by atoms with van der Waals surface area (Å²) in [5.74, 6) is 0.996. The van der Waals surface area contributed by atoms with Crippen molar-refractivity contribution in [1.29, 1.82) is 0 Å². The van der Waals surface area contributed by atoms with Gasteiger partial charge in [-0.05, 0) is 33.9 Å². The Morgan fingerprint density at radius 1 is 1.40 bits per heavy atom. The van der Waals surface area contributed by atoms with E-state index in [-0.39, 0.29) is 0 Å². The second-order valence-corrected chi connectivity index (χ2v) is 4.77. The van der Waals surface area contributed by atoms with Crippen LogP contribution in [0.3, 0.4) is 0 Å². The second kappa shape index (κ2) is 4.96. The standard InChI is InChI=1S/C11H12BrNOS/c1-2-13-5-11-8(3-4-14-11)9-6-15-7-10(9)12/h3-4,6-7,13H,2,5H2,1H3. The fourth-order valence-electron chi connectivity index (χ4n) is 1.43. The molecule has 0 radical (unpaired) electrons. The largest absolute Gasteiger partial charge is 0.467 e. The monoisotopic (exact) mass is 285 g/mol. The summed E-state index contributed by atoms with van der Waals surface area (Å²) in [6.07, 6.45) is 1.74. The van der Waals surface area contributed by atoms with Gasteiger partial charge in [0.2, 0.25) is 0 Å². The van der Waals surface area contributed by atoms with Crippen molar-refractivity contribution >= 4 is 27.3 Å². The third-order valence-corrected chi connectivity index (χ3v) is 3.89. The first-order valence-corrected chi connectivity index (χ1v) is 6.55. The topological polar surface area (TPSA) is 25.2 Å². The summed E-state index contributed by atoms with van der Waals surface area (Å²) >= 11 is 5.23. The molecule has 0 aliphatic carbocycles. The Kier molecular flexibility index (Phi) is 3.61. The SMILES string of the molecule is CCNCc1occc1-c1cscc1Br. The van der Waals surface area contributed by atoms with Gasteiger partial charge in [0.25, 0.3) is 0 Å². The Morgan fingerprint density at radius 3 is 2.93 bits per heavy atom. The molecule has 2 heterocycles. The van der Waals surface area contributed by atoms with Crippen LogP contribution in [0.25, 0.3) is 11.1 Å². The van der Waals surface area contributed by atoms with Crippen LogP contribution in [0, 0.1) is 0 Å². The predicted molar refractivity (Wildman–Crippen MR) is 67.1 cm³/mol. The van der Waals surface area contributed by atoms with Crippen LogP contribution in [0.2, 0.25) is 0 Å². The third-order valence-electron chi connectivity index (χ3n) is 2.19. The zero-order valence-electron chi connectivity index (χ0n) is 8.42. The van der Waals surface area contributed by atoms with Crippen LogP contribution < -0.4 is 5.32 Å². The number of furan rings is 1. The van der Waals surface area contributed by atoms with Crippen molar-refractivity contribution in [3.63, 3.8) is 0 Å². The lowest BCUT2D eigenvalue weighted by atomic mass is 10.1. The van der Waals surface area contributed by atoms with Crippen molar-refractivity contribution < 1.29 is 4.42 Å². The first kappa shape index (κ1) is 10.9. The molecule has 0 bridgehead atoms. The first-order valence-electron chi connectivity index (χ1n) is 4.82. The van der Waals surface area contributed by atoms with E-state index in [4.69, 9.17) is 4.42 Å². The Labute approximate surface area is 101 Å². The zero-order valence-corrected chi connectivity index (χ0v) is 10.8. The molecule has 0 aliphatic heterocycles. The molecule has 80 valence electrons. The van der Waals surface area contributed by atoms with Gasteiger partial charge < -0.3 is 9.73 Å². The molecule has 15 heavy (non-hydrogen) atoms. The van der Waals surface area contributed by atoms with E-state index in [1.165, 1.54) is 11.1 Å². The van der Waals surface area contributed by atoms with Gasteiger partial charge in [-0.15, -0.1) is 0 Å². The van der Waals surface area contributed by atoms with Crippen LogP contribution in [0.4, 0.5) is 0 Å². The van der Waals surface area contributed by atoms with E-state index < -0.39 is 0 Å². The van der Waals surface area contributed by atoms with Gasteiger partial charge in [0.15, 0.2) is 0 Å². The lowest BCUT2D eigenvalue weighted by Gasteiger charge is -2.02. The highest BCUT2D eigenvalue weighted by atomic mass is 79.9. The van der Waals surface area contributed by atoms with Crippen LogP contribution in [-0.4, -0.2) is 6.54 Å². The molecule has 0 saturated carbocycles. The molecular weight excluding hydrogens is 274 g/mol. The van der Waals surface area contributed by atoms with Crippen LogP contribution >= 0.6 is 27.3 Å². The minimum atomic E-state index is 0.779. The van der Waals surface area contributed by atoms with Gasteiger partial charge in [-0.2, -0.15) is 11.3 Å². The van der Waals surface area contributed by atoms with E-state index in [0.717, 1.165) is 23.3 Å². The second-order valence-electron chi connectivity index (χ2n) is 3.17. The lowest BCUT2D eigenvalue weighted by molar-refractivity contribution is 0.489. The van der Waals surface area contributed by atoms with Gasteiger partial charge in [0.1, 0.15) is 5.76 Å². The molecule has 0 amide bonds. The molecule has 0 aliphatic rings. The van der Waals surface area contributed by atoms with Crippen LogP contribution in [0.15, 0.2) is 32.0 Å². The minimum Gasteiger partial charge on any atom is -0.467 e. The lowest BCUT2D eigenvalue weighted by Crippen LogP contribution is -2.11. The predicted octanol–water partition coefficient (Wildman–Crippen LogP) is 3.88. The molecule has 0 aromatic carbocycles. The number of hydrogen-bond donors (Lipinski definition) is 1. The molecule has 0 unspecified atom stereocenters. The van der Waals surface area contributed by atoms with Crippen molar-refractivity contribution in [2.75, 3.05) is 6.54 Å². The third kappa shape index (κ3) is 2.33. The Morgan fingerprint density at radius 2 is 2.27 bits per heavy atom. The molecule has 2 rings (SSSR count). The maximum absolute atomic E-state index is 5.47. The fraction of sp³-hybridized carbons (Fsp3) is 0.273. The highest BCUT2D eigenvalue weighted by Crippen LogP contribution is 2.34. The minimum absolute atomic E-state index is 0.779. The van der Waals surface area contributed by atoms with Crippen molar-refractivity contribution in [2.45, 2.75) is 13.5 Å². The summed E-state index contributed by atoms with van der Waals surface area (Å²) in [4.78, 5) is 0.